The third-order valence-corrected chi connectivity index (χ3v) is 6.58. The molecule has 3 atom stereocenters. The van der Waals surface area contributed by atoms with Gasteiger partial charge >= 0.3 is 6.09 Å². The van der Waals surface area contributed by atoms with Crippen molar-refractivity contribution in [1.82, 2.24) is 5.32 Å². The molecule has 0 radical (unpaired) electrons. The first-order valence-electron chi connectivity index (χ1n) is 10.0. The van der Waals surface area contributed by atoms with Gasteiger partial charge in [0.05, 0.1) is 5.69 Å². The maximum absolute atomic E-state index is 13.1. The van der Waals surface area contributed by atoms with E-state index in [-0.39, 0.29) is 17.6 Å². The van der Waals surface area contributed by atoms with Crippen molar-refractivity contribution >= 4 is 11.8 Å². The Kier molecular flexibility index (Phi) is 3.97. The van der Waals surface area contributed by atoms with Gasteiger partial charge in [-0.25, -0.2) is 4.79 Å². The number of nitrogens with one attached hydrogen (secondary N) is 1. The summed E-state index contributed by atoms with van der Waals surface area (Å²) in [6.07, 6.45) is 4.48. The molecule has 0 spiro atoms. The number of ether oxygens (including phenoxy) is 1. The predicted molar refractivity (Wildman–Crippen MR) is 106 cm³/mol. The van der Waals surface area contributed by atoms with E-state index in [1.807, 2.05) is 41.3 Å². The Morgan fingerprint density at radius 1 is 1.11 bits per heavy atom. The van der Waals surface area contributed by atoms with Gasteiger partial charge in [0.1, 0.15) is 6.61 Å². The van der Waals surface area contributed by atoms with Gasteiger partial charge in [-0.3, -0.25) is 4.90 Å². The molecule has 2 aromatic carbocycles. The van der Waals surface area contributed by atoms with E-state index in [2.05, 4.69) is 30.4 Å². The highest BCUT2D eigenvalue weighted by Crippen LogP contribution is 2.58. The zero-order chi connectivity index (χ0) is 18.4. The minimum atomic E-state index is -0.230. The van der Waals surface area contributed by atoms with Crippen LogP contribution in [0.25, 0.3) is 0 Å². The van der Waals surface area contributed by atoms with E-state index in [0.29, 0.717) is 18.7 Å². The number of carbonyl (C=O) groups is 1. The molecular formula is C23H26N2O2. The molecule has 5 rings (SSSR count). The summed E-state index contributed by atoms with van der Waals surface area (Å²) in [6, 6.07) is 19.4. The number of anilines is 1. The number of hydrogen-bond donors (Lipinski definition) is 1. The Labute approximate surface area is 160 Å². The van der Waals surface area contributed by atoms with Gasteiger partial charge in [0.15, 0.2) is 0 Å². The highest BCUT2D eigenvalue weighted by molar-refractivity contribution is 5.91. The Morgan fingerprint density at radius 2 is 1.85 bits per heavy atom. The summed E-state index contributed by atoms with van der Waals surface area (Å²) in [5.74, 6) is 0. The first-order valence-corrected chi connectivity index (χ1v) is 10.0. The van der Waals surface area contributed by atoms with Crippen LogP contribution in [0.5, 0.6) is 0 Å². The highest BCUT2D eigenvalue weighted by Gasteiger charge is 2.57. The van der Waals surface area contributed by atoms with Crippen molar-refractivity contribution in [3.8, 4) is 0 Å². The summed E-state index contributed by atoms with van der Waals surface area (Å²) in [5.41, 5.74) is 3.33. The fourth-order valence-electron chi connectivity index (χ4n) is 4.74. The zero-order valence-electron chi connectivity index (χ0n) is 15.7. The normalized spacial score (nSPS) is 28.7. The summed E-state index contributed by atoms with van der Waals surface area (Å²) in [5, 5.41) is 3.86. The number of nitrogens with zero attached hydrogens (tertiary/aromatic N) is 1. The molecule has 27 heavy (non-hydrogen) atoms. The Hall–Kier alpha value is -2.33. The van der Waals surface area contributed by atoms with Crippen molar-refractivity contribution < 1.29 is 9.53 Å². The van der Waals surface area contributed by atoms with Crippen LogP contribution in [0.2, 0.25) is 0 Å². The third kappa shape index (κ3) is 2.83. The van der Waals surface area contributed by atoms with Crippen LogP contribution in [0.15, 0.2) is 54.6 Å². The number of carbonyl (C=O) groups excluding carboxylic acids is 1. The summed E-state index contributed by atoms with van der Waals surface area (Å²) in [7, 11) is 0. The molecule has 1 N–H and O–H groups in total. The van der Waals surface area contributed by atoms with Crippen molar-refractivity contribution in [3.05, 3.63) is 65.7 Å². The molecule has 0 saturated heterocycles. The van der Waals surface area contributed by atoms with Gasteiger partial charge in [-0.1, -0.05) is 55.5 Å². The molecule has 4 nitrogen and oxygen atoms in total. The van der Waals surface area contributed by atoms with Crippen LogP contribution in [0.3, 0.4) is 0 Å². The molecule has 2 aliphatic carbocycles. The number of fused-ring (bicyclic) bond motifs is 2. The SMILES string of the molecule is CC12CCC1N(C(=O)OCc1ccccc1)c1ccccc1C2NC1CC1. The second-order valence-corrected chi connectivity index (χ2v) is 8.40. The van der Waals surface area contributed by atoms with Crippen LogP contribution >= 0.6 is 0 Å². The van der Waals surface area contributed by atoms with Crippen molar-refractivity contribution in [2.45, 2.75) is 57.3 Å². The summed E-state index contributed by atoms with van der Waals surface area (Å²) < 4.78 is 5.72. The van der Waals surface area contributed by atoms with Gasteiger partial charge in [0.2, 0.25) is 0 Å². The lowest BCUT2D eigenvalue weighted by Crippen LogP contribution is -2.64. The lowest BCUT2D eigenvalue weighted by atomic mass is 9.57. The molecule has 3 aliphatic rings. The molecule has 3 unspecified atom stereocenters. The molecule has 2 aromatic rings. The van der Waals surface area contributed by atoms with E-state index < -0.39 is 0 Å². The van der Waals surface area contributed by atoms with E-state index in [0.717, 1.165) is 24.1 Å². The first-order chi connectivity index (χ1) is 13.2. The molecule has 1 heterocycles. The largest absolute Gasteiger partial charge is 0.444 e. The van der Waals surface area contributed by atoms with Crippen molar-refractivity contribution in [1.29, 1.82) is 0 Å². The van der Waals surface area contributed by atoms with Gasteiger partial charge in [-0.2, -0.15) is 0 Å². The summed E-state index contributed by atoms with van der Waals surface area (Å²) in [4.78, 5) is 15.0. The highest BCUT2D eigenvalue weighted by atomic mass is 16.6. The van der Waals surface area contributed by atoms with E-state index in [9.17, 15) is 4.79 Å². The van der Waals surface area contributed by atoms with Crippen molar-refractivity contribution in [2.75, 3.05) is 4.90 Å². The topological polar surface area (TPSA) is 41.6 Å². The van der Waals surface area contributed by atoms with Gasteiger partial charge in [-0.05, 0) is 42.9 Å². The van der Waals surface area contributed by atoms with Gasteiger partial charge in [-0.15, -0.1) is 0 Å². The summed E-state index contributed by atoms with van der Waals surface area (Å²) >= 11 is 0. The smallest absolute Gasteiger partial charge is 0.414 e. The van der Waals surface area contributed by atoms with Crippen LogP contribution in [0.4, 0.5) is 10.5 Å². The van der Waals surface area contributed by atoms with Crippen LogP contribution < -0.4 is 10.2 Å². The Bertz CT molecular complexity index is 848. The Morgan fingerprint density at radius 3 is 2.56 bits per heavy atom. The zero-order valence-corrected chi connectivity index (χ0v) is 15.7. The second-order valence-electron chi connectivity index (χ2n) is 8.40. The van der Waals surface area contributed by atoms with Gasteiger partial charge in [0.25, 0.3) is 0 Å². The fourth-order valence-corrected chi connectivity index (χ4v) is 4.74. The molecular weight excluding hydrogens is 336 g/mol. The average Bonchev–Trinajstić information content (AvgIpc) is 3.51. The second kappa shape index (κ2) is 6.38. The van der Waals surface area contributed by atoms with Crippen LogP contribution in [-0.2, 0) is 11.3 Å². The monoisotopic (exact) mass is 362 g/mol. The Balaban J connectivity index is 1.44. The van der Waals surface area contributed by atoms with Crippen molar-refractivity contribution in [3.63, 3.8) is 0 Å². The maximum Gasteiger partial charge on any atom is 0.414 e. The molecule has 2 fully saturated rings. The third-order valence-electron chi connectivity index (χ3n) is 6.58. The molecule has 0 aromatic heterocycles. The standard InChI is InChI=1S/C23H26N2O2/c1-23-14-13-20(23)25(22(26)27-15-16-7-3-2-4-8-16)19-10-6-5-9-18(19)21(23)24-17-11-12-17/h2-10,17,20-21,24H,11-15H2,1H3. The predicted octanol–water partition coefficient (Wildman–Crippen LogP) is 4.81. The molecule has 140 valence electrons. The van der Waals surface area contributed by atoms with Gasteiger partial charge in [0, 0.05) is 23.5 Å². The number of para-hydroxylation sites is 1. The lowest BCUT2D eigenvalue weighted by Gasteiger charge is -2.59. The average molecular weight is 362 g/mol. The van der Waals surface area contributed by atoms with Crippen LogP contribution in [-0.4, -0.2) is 18.2 Å². The van der Waals surface area contributed by atoms with E-state index >= 15 is 0 Å². The quantitative estimate of drug-likeness (QED) is 0.849. The number of amides is 1. The molecule has 2 saturated carbocycles. The van der Waals surface area contributed by atoms with E-state index in [1.54, 1.807) is 0 Å². The minimum Gasteiger partial charge on any atom is -0.444 e. The lowest BCUT2D eigenvalue weighted by molar-refractivity contribution is 0.0414. The number of rotatable bonds is 4. The summed E-state index contributed by atoms with van der Waals surface area (Å²) in [6.45, 7) is 2.64. The molecule has 1 amide bonds. The molecule has 0 bridgehead atoms. The van der Waals surface area contributed by atoms with Crippen LogP contribution in [0, 0.1) is 5.41 Å². The minimum absolute atomic E-state index is 0.0721. The van der Waals surface area contributed by atoms with Crippen LogP contribution in [0.1, 0.15) is 49.8 Å². The first kappa shape index (κ1) is 16.8. The van der Waals surface area contributed by atoms with Crippen molar-refractivity contribution in [2.24, 2.45) is 5.41 Å². The number of benzene rings is 2. The van der Waals surface area contributed by atoms with E-state index in [4.69, 9.17) is 4.74 Å². The maximum atomic E-state index is 13.1. The van der Waals surface area contributed by atoms with E-state index in [1.165, 1.54) is 18.4 Å². The number of hydrogen-bond acceptors (Lipinski definition) is 3. The molecule has 1 aliphatic heterocycles. The van der Waals surface area contributed by atoms with Gasteiger partial charge < -0.3 is 10.1 Å². The molecule has 4 heteroatoms. The fraction of sp³-hybridized carbons (Fsp3) is 0.435.